The number of carbonyl (C=O) groups excluding carboxylic acids is 2. The molecule has 1 aromatic rings. The van der Waals surface area contributed by atoms with E-state index in [-0.39, 0.29) is 24.9 Å². The van der Waals surface area contributed by atoms with E-state index in [1.807, 2.05) is 6.07 Å². The van der Waals surface area contributed by atoms with Gasteiger partial charge in [0.2, 0.25) is 11.8 Å². The van der Waals surface area contributed by atoms with Crippen LogP contribution in [0.15, 0.2) is 24.3 Å². The molecule has 6 nitrogen and oxygen atoms in total. The Morgan fingerprint density at radius 1 is 1.53 bits per heavy atom. The van der Waals surface area contributed by atoms with Gasteiger partial charge in [0.1, 0.15) is 0 Å². The number of nitrogens with zero attached hydrogens (tertiary/aromatic N) is 2. The summed E-state index contributed by atoms with van der Waals surface area (Å²) in [6, 6.07) is 8.73. The first-order chi connectivity index (χ1) is 9.17. The quantitative estimate of drug-likeness (QED) is 0.794. The third kappa shape index (κ3) is 3.79. The second-order valence-electron chi connectivity index (χ2n) is 4.30. The number of piperazine rings is 1. The van der Waals surface area contributed by atoms with E-state index < -0.39 is 0 Å². The first-order valence-electron chi connectivity index (χ1n) is 5.96. The summed E-state index contributed by atoms with van der Waals surface area (Å²) in [4.78, 5) is 24.8. The van der Waals surface area contributed by atoms with Crippen LogP contribution < -0.4 is 10.6 Å². The second kappa shape index (κ2) is 5.98. The van der Waals surface area contributed by atoms with Crippen molar-refractivity contribution >= 4 is 17.5 Å². The molecule has 2 amide bonds. The molecule has 98 valence electrons. The van der Waals surface area contributed by atoms with E-state index in [0.29, 0.717) is 24.3 Å². The zero-order valence-corrected chi connectivity index (χ0v) is 10.3. The molecule has 1 fully saturated rings. The molecule has 1 aromatic carbocycles. The van der Waals surface area contributed by atoms with E-state index in [1.54, 1.807) is 29.2 Å². The molecule has 0 spiro atoms. The van der Waals surface area contributed by atoms with Gasteiger partial charge in [-0.3, -0.25) is 14.5 Å². The molecule has 0 aliphatic carbocycles. The van der Waals surface area contributed by atoms with Crippen LogP contribution in [-0.4, -0.2) is 42.9 Å². The van der Waals surface area contributed by atoms with Crippen LogP contribution in [0.2, 0.25) is 0 Å². The molecular weight excluding hydrogens is 244 g/mol. The Morgan fingerprint density at radius 2 is 2.37 bits per heavy atom. The summed E-state index contributed by atoms with van der Waals surface area (Å²) < 4.78 is 0. The van der Waals surface area contributed by atoms with Gasteiger partial charge in [-0.25, -0.2) is 0 Å². The van der Waals surface area contributed by atoms with Crippen LogP contribution in [0.5, 0.6) is 0 Å². The van der Waals surface area contributed by atoms with E-state index in [2.05, 4.69) is 10.6 Å². The lowest BCUT2D eigenvalue weighted by Gasteiger charge is -2.25. The van der Waals surface area contributed by atoms with Crippen molar-refractivity contribution in [1.29, 1.82) is 5.26 Å². The summed E-state index contributed by atoms with van der Waals surface area (Å²) >= 11 is 0. The number of benzene rings is 1. The van der Waals surface area contributed by atoms with Gasteiger partial charge in [-0.05, 0) is 18.2 Å². The molecule has 0 unspecified atom stereocenters. The minimum atomic E-state index is -0.190. The van der Waals surface area contributed by atoms with Gasteiger partial charge in [-0.1, -0.05) is 6.07 Å². The maximum Gasteiger partial charge on any atom is 0.238 e. The van der Waals surface area contributed by atoms with Gasteiger partial charge < -0.3 is 10.6 Å². The van der Waals surface area contributed by atoms with E-state index in [4.69, 9.17) is 5.26 Å². The van der Waals surface area contributed by atoms with Gasteiger partial charge >= 0.3 is 0 Å². The van der Waals surface area contributed by atoms with Crippen LogP contribution in [0, 0.1) is 11.3 Å². The average molecular weight is 258 g/mol. The lowest BCUT2D eigenvalue weighted by atomic mass is 10.2. The van der Waals surface area contributed by atoms with Gasteiger partial charge in [0.15, 0.2) is 0 Å². The van der Waals surface area contributed by atoms with Crippen LogP contribution in [0.1, 0.15) is 5.56 Å². The van der Waals surface area contributed by atoms with Crippen LogP contribution in [0.3, 0.4) is 0 Å². The fourth-order valence-electron chi connectivity index (χ4n) is 1.90. The highest BCUT2D eigenvalue weighted by Crippen LogP contribution is 2.09. The van der Waals surface area contributed by atoms with Gasteiger partial charge in [-0.15, -0.1) is 0 Å². The van der Waals surface area contributed by atoms with Crippen molar-refractivity contribution in [3.63, 3.8) is 0 Å². The summed E-state index contributed by atoms with van der Waals surface area (Å²) in [5, 5.41) is 14.2. The average Bonchev–Trinajstić information content (AvgIpc) is 2.38. The number of anilines is 1. The Bertz CT molecular complexity index is 536. The fraction of sp³-hybridized carbons (Fsp3) is 0.308. The molecule has 1 aliphatic heterocycles. The Labute approximate surface area is 111 Å². The zero-order chi connectivity index (χ0) is 13.7. The van der Waals surface area contributed by atoms with E-state index in [1.165, 1.54) is 0 Å². The van der Waals surface area contributed by atoms with Crippen molar-refractivity contribution in [2.24, 2.45) is 0 Å². The van der Waals surface area contributed by atoms with Crippen molar-refractivity contribution in [2.75, 3.05) is 31.5 Å². The number of hydrogen-bond donors (Lipinski definition) is 2. The third-order valence-corrected chi connectivity index (χ3v) is 2.76. The standard InChI is InChI=1S/C13H14N4O2/c14-7-10-2-1-3-11(6-10)16-13(19)9-17-5-4-15-12(18)8-17/h1-3,6H,4-5,8-9H2,(H,15,18)(H,16,19). The molecule has 0 saturated carbocycles. The number of amides is 2. The summed E-state index contributed by atoms with van der Waals surface area (Å²) in [6.45, 7) is 1.64. The Morgan fingerprint density at radius 3 is 3.11 bits per heavy atom. The van der Waals surface area contributed by atoms with E-state index in [9.17, 15) is 9.59 Å². The maximum absolute atomic E-state index is 11.8. The largest absolute Gasteiger partial charge is 0.354 e. The monoisotopic (exact) mass is 258 g/mol. The van der Waals surface area contributed by atoms with Gasteiger partial charge in [0.25, 0.3) is 0 Å². The molecule has 0 atom stereocenters. The molecule has 1 saturated heterocycles. The smallest absolute Gasteiger partial charge is 0.238 e. The molecule has 0 bridgehead atoms. The molecule has 2 rings (SSSR count). The predicted octanol–water partition coefficient (Wildman–Crippen LogP) is -0.0714. The summed E-state index contributed by atoms with van der Waals surface area (Å²) in [5.74, 6) is -0.254. The van der Waals surface area contributed by atoms with Crippen LogP contribution in [0.25, 0.3) is 0 Å². The molecule has 0 aromatic heterocycles. The Kier molecular flexibility index (Phi) is 4.11. The molecule has 2 N–H and O–H groups in total. The number of carbonyl (C=O) groups is 2. The summed E-state index contributed by atoms with van der Waals surface area (Å²) in [6.07, 6.45) is 0. The summed E-state index contributed by atoms with van der Waals surface area (Å²) in [5.41, 5.74) is 1.08. The lowest BCUT2D eigenvalue weighted by Crippen LogP contribution is -2.49. The molecule has 1 aliphatic rings. The zero-order valence-electron chi connectivity index (χ0n) is 10.3. The van der Waals surface area contributed by atoms with Crippen molar-refractivity contribution in [3.8, 4) is 6.07 Å². The number of nitriles is 1. The minimum absolute atomic E-state index is 0.0643. The topological polar surface area (TPSA) is 85.2 Å². The normalized spacial score (nSPS) is 15.4. The van der Waals surface area contributed by atoms with E-state index in [0.717, 1.165) is 0 Å². The van der Waals surface area contributed by atoms with Crippen LogP contribution >= 0.6 is 0 Å². The highest BCUT2D eigenvalue weighted by Gasteiger charge is 2.18. The number of nitrogens with one attached hydrogen (secondary N) is 2. The first-order valence-corrected chi connectivity index (χ1v) is 5.96. The van der Waals surface area contributed by atoms with Crippen molar-refractivity contribution < 1.29 is 9.59 Å². The molecule has 0 radical (unpaired) electrons. The molecule has 1 heterocycles. The van der Waals surface area contributed by atoms with Crippen molar-refractivity contribution in [3.05, 3.63) is 29.8 Å². The van der Waals surface area contributed by atoms with Crippen molar-refractivity contribution in [1.82, 2.24) is 10.2 Å². The van der Waals surface area contributed by atoms with Crippen molar-refractivity contribution in [2.45, 2.75) is 0 Å². The minimum Gasteiger partial charge on any atom is -0.354 e. The number of rotatable bonds is 3. The van der Waals surface area contributed by atoms with Gasteiger partial charge in [0.05, 0.1) is 24.7 Å². The highest BCUT2D eigenvalue weighted by atomic mass is 16.2. The fourth-order valence-corrected chi connectivity index (χ4v) is 1.90. The first kappa shape index (κ1) is 13.1. The lowest BCUT2D eigenvalue weighted by molar-refractivity contribution is -0.125. The van der Waals surface area contributed by atoms with E-state index >= 15 is 0 Å². The summed E-state index contributed by atoms with van der Waals surface area (Å²) in [7, 11) is 0. The SMILES string of the molecule is N#Cc1cccc(NC(=O)CN2CCNC(=O)C2)c1. The molecule has 19 heavy (non-hydrogen) atoms. The van der Waals surface area contributed by atoms with Crippen LogP contribution in [-0.2, 0) is 9.59 Å². The van der Waals surface area contributed by atoms with Gasteiger partial charge in [-0.2, -0.15) is 5.26 Å². The Balaban J connectivity index is 1.90. The Hall–Kier alpha value is -2.39. The highest BCUT2D eigenvalue weighted by molar-refractivity contribution is 5.92. The maximum atomic E-state index is 11.8. The van der Waals surface area contributed by atoms with Gasteiger partial charge in [0, 0.05) is 18.8 Å². The molecule has 6 heteroatoms. The number of hydrogen-bond acceptors (Lipinski definition) is 4. The van der Waals surface area contributed by atoms with Crippen LogP contribution in [0.4, 0.5) is 5.69 Å². The predicted molar refractivity (Wildman–Crippen MR) is 69.2 cm³/mol. The second-order valence-corrected chi connectivity index (χ2v) is 4.30. The third-order valence-electron chi connectivity index (χ3n) is 2.76. The molecular formula is C13H14N4O2.